The molecule has 1 aromatic heterocycles. The lowest BCUT2D eigenvalue weighted by Gasteiger charge is -2.06. The van der Waals surface area contributed by atoms with Crippen LogP contribution < -0.4 is 4.74 Å². The fraction of sp³-hybridized carbons (Fsp3) is 0.214. The van der Waals surface area contributed by atoms with Gasteiger partial charge in [-0.05, 0) is 13.0 Å². The molecule has 0 amide bonds. The van der Waals surface area contributed by atoms with Crippen LogP contribution in [0.3, 0.4) is 0 Å². The Balaban J connectivity index is 2.31. The molecule has 0 atom stereocenters. The molecule has 1 aromatic carbocycles. The fourth-order valence-electron chi connectivity index (χ4n) is 1.77. The molecule has 0 saturated heterocycles. The molecule has 0 fully saturated rings. The van der Waals surface area contributed by atoms with Crippen molar-refractivity contribution in [3.05, 3.63) is 51.7 Å². The number of aryl methyl sites for hydroxylation is 1. The molecule has 6 heteroatoms. The van der Waals surface area contributed by atoms with E-state index in [1.807, 2.05) is 0 Å². The highest BCUT2D eigenvalue weighted by Crippen LogP contribution is 2.23. The maximum Gasteiger partial charge on any atom is 0.277 e. The minimum absolute atomic E-state index is 0.00109. The van der Waals surface area contributed by atoms with E-state index < -0.39 is 4.92 Å². The number of hydrogen-bond acceptors (Lipinski definition) is 4. The van der Waals surface area contributed by atoms with Gasteiger partial charge >= 0.3 is 0 Å². The third-order valence-electron chi connectivity index (χ3n) is 2.66. The molecule has 2 aromatic rings. The van der Waals surface area contributed by atoms with Crippen molar-refractivity contribution in [2.45, 2.75) is 13.5 Å². The molecule has 20 heavy (non-hydrogen) atoms. The number of nitro groups is 1. The van der Waals surface area contributed by atoms with Crippen molar-refractivity contribution in [1.82, 2.24) is 9.78 Å². The van der Waals surface area contributed by atoms with Crippen LogP contribution in [0, 0.1) is 22.0 Å². The van der Waals surface area contributed by atoms with Crippen LogP contribution in [-0.2, 0) is 13.7 Å². The summed E-state index contributed by atoms with van der Waals surface area (Å²) in [6.07, 6.45) is 1.74. The lowest BCUT2D eigenvalue weighted by Crippen LogP contribution is -2.04. The third kappa shape index (κ3) is 2.95. The largest absolute Gasteiger partial charge is 0.471 e. The molecule has 6 nitrogen and oxygen atoms in total. The van der Waals surface area contributed by atoms with E-state index in [9.17, 15) is 10.1 Å². The van der Waals surface area contributed by atoms with E-state index in [2.05, 4.69) is 16.9 Å². The summed E-state index contributed by atoms with van der Waals surface area (Å²) in [5.74, 6) is 6.02. The fourth-order valence-corrected chi connectivity index (χ4v) is 1.77. The van der Waals surface area contributed by atoms with Crippen LogP contribution in [-0.4, -0.2) is 14.7 Å². The molecule has 102 valence electrons. The number of nitro benzene ring substituents is 1. The van der Waals surface area contributed by atoms with E-state index in [1.165, 1.54) is 6.07 Å². The van der Waals surface area contributed by atoms with Crippen molar-refractivity contribution in [2.75, 3.05) is 0 Å². The van der Waals surface area contributed by atoms with Gasteiger partial charge in [0.15, 0.2) is 0 Å². The summed E-state index contributed by atoms with van der Waals surface area (Å²) in [5.41, 5.74) is 1.05. The highest BCUT2D eigenvalue weighted by atomic mass is 16.6. The molecule has 2 rings (SSSR count). The molecule has 0 saturated carbocycles. The summed E-state index contributed by atoms with van der Waals surface area (Å²) in [4.78, 5) is 10.6. The molecule has 0 aliphatic heterocycles. The second kappa shape index (κ2) is 5.89. The van der Waals surface area contributed by atoms with Crippen molar-refractivity contribution in [3.8, 4) is 17.7 Å². The van der Waals surface area contributed by atoms with Crippen molar-refractivity contribution >= 4 is 5.69 Å². The molecule has 0 aliphatic carbocycles. The van der Waals surface area contributed by atoms with E-state index in [0.29, 0.717) is 17.0 Å². The predicted molar refractivity (Wildman–Crippen MR) is 73.2 cm³/mol. The second-order valence-electron chi connectivity index (χ2n) is 4.05. The van der Waals surface area contributed by atoms with Gasteiger partial charge in [-0.2, -0.15) is 0 Å². The Labute approximate surface area is 116 Å². The van der Waals surface area contributed by atoms with Crippen molar-refractivity contribution < 1.29 is 9.66 Å². The molecule has 0 unspecified atom stereocenters. The highest BCUT2D eigenvalue weighted by molar-refractivity contribution is 5.52. The number of aromatic nitrogens is 2. The summed E-state index contributed by atoms with van der Waals surface area (Å²) in [6, 6.07) is 6.49. The van der Waals surface area contributed by atoms with E-state index in [1.54, 1.807) is 43.0 Å². The Morgan fingerprint density at radius 3 is 2.85 bits per heavy atom. The van der Waals surface area contributed by atoms with Crippen LogP contribution in [0.25, 0.3) is 0 Å². The van der Waals surface area contributed by atoms with Crippen molar-refractivity contribution in [1.29, 1.82) is 0 Å². The molecule has 0 N–H and O–H groups in total. The van der Waals surface area contributed by atoms with Gasteiger partial charge in [-0.1, -0.05) is 12.0 Å². The van der Waals surface area contributed by atoms with E-state index in [0.717, 1.165) is 0 Å². The standard InChI is InChI=1S/C14H13N3O3/c1-3-5-11-6-4-7-13(17(18)19)12(11)10-20-14-8-9-16(2)15-14/h4,6-9H,10H2,1-2H3. The van der Waals surface area contributed by atoms with Crippen LogP contribution in [0.2, 0.25) is 0 Å². The van der Waals surface area contributed by atoms with Gasteiger partial charge in [0, 0.05) is 30.9 Å². The summed E-state index contributed by atoms with van der Waals surface area (Å²) in [7, 11) is 1.77. The molecule has 0 spiro atoms. The van der Waals surface area contributed by atoms with Crippen LogP contribution in [0.5, 0.6) is 5.88 Å². The maximum atomic E-state index is 11.1. The van der Waals surface area contributed by atoms with Gasteiger partial charge in [0.05, 0.1) is 10.5 Å². The quantitative estimate of drug-likeness (QED) is 0.486. The Hall–Kier alpha value is -2.81. The van der Waals surface area contributed by atoms with Crippen LogP contribution in [0.1, 0.15) is 18.1 Å². The normalized spacial score (nSPS) is 9.70. The molecule has 0 aliphatic rings. The smallest absolute Gasteiger partial charge is 0.277 e. The molecule has 1 heterocycles. The first-order valence-corrected chi connectivity index (χ1v) is 5.93. The lowest BCUT2D eigenvalue weighted by molar-refractivity contribution is -0.385. The van der Waals surface area contributed by atoms with Crippen LogP contribution in [0.15, 0.2) is 30.5 Å². The van der Waals surface area contributed by atoms with Gasteiger partial charge in [-0.25, -0.2) is 0 Å². The van der Waals surface area contributed by atoms with Gasteiger partial charge in [0.2, 0.25) is 5.88 Å². The minimum atomic E-state index is -0.433. The predicted octanol–water partition coefficient (Wildman–Crippen LogP) is 2.28. The average molecular weight is 271 g/mol. The number of nitrogens with zero attached hydrogens (tertiary/aromatic N) is 3. The number of ether oxygens (including phenoxy) is 1. The Morgan fingerprint density at radius 1 is 1.45 bits per heavy atom. The van der Waals surface area contributed by atoms with Crippen LogP contribution >= 0.6 is 0 Å². The van der Waals surface area contributed by atoms with Gasteiger partial charge in [-0.3, -0.25) is 14.8 Å². The second-order valence-corrected chi connectivity index (χ2v) is 4.05. The van der Waals surface area contributed by atoms with Crippen LogP contribution in [0.4, 0.5) is 5.69 Å². The summed E-state index contributed by atoms with van der Waals surface area (Å²) in [5, 5.41) is 15.1. The molecule has 0 radical (unpaired) electrons. The Kier molecular flexibility index (Phi) is 4.01. The van der Waals surface area contributed by atoms with Gasteiger partial charge in [0.1, 0.15) is 6.61 Å². The van der Waals surface area contributed by atoms with Crippen molar-refractivity contribution in [3.63, 3.8) is 0 Å². The summed E-state index contributed by atoms with van der Waals surface area (Å²) in [6.45, 7) is 1.74. The first-order chi connectivity index (χ1) is 9.61. The third-order valence-corrected chi connectivity index (χ3v) is 2.66. The summed E-state index contributed by atoms with van der Waals surface area (Å²) < 4.78 is 7.09. The molecule has 0 bridgehead atoms. The Morgan fingerprint density at radius 2 is 2.25 bits per heavy atom. The van der Waals surface area contributed by atoms with E-state index >= 15 is 0 Å². The topological polar surface area (TPSA) is 70.2 Å². The number of hydrogen-bond donors (Lipinski definition) is 0. The number of benzene rings is 1. The zero-order chi connectivity index (χ0) is 14.5. The highest BCUT2D eigenvalue weighted by Gasteiger charge is 2.17. The number of rotatable bonds is 4. The van der Waals surface area contributed by atoms with Gasteiger partial charge in [-0.15, -0.1) is 11.0 Å². The molecular formula is C14H13N3O3. The van der Waals surface area contributed by atoms with Gasteiger partial charge in [0.25, 0.3) is 5.69 Å². The zero-order valence-corrected chi connectivity index (χ0v) is 11.2. The van der Waals surface area contributed by atoms with Gasteiger partial charge < -0.3 is 4.74 Å². The SMILES string of the molecule is CC#Cc1cccc([N+](=O)[O-])c1COc1ccn(C)n1. The minimum Gasteiger partial charge on any atom is -0.471 e. The zero-order valence-electron chi connectivity index (χ0n) is 11.2. The monoisotopic (exact) mass is 271 g/mol. The first-order valence-electron chi connectivity index (χ1n) is 5.93. The average Bonchev–Trinajstić information content (AvgIpc) is 2.83. The van der Waals surface area contributed by atoms with Crippen molar-refractivity contribution in [2.24, 2.45) is 7.05 Å². The first kappa shape index (κ1) is 13.6. The maximum absolute atomic E-state index is 11.1. The summed E-state index contributed by atoms with van der Waals surface area (Å²) >= 11 is 0. The Bertz CT molecular complexity index is 695. The van der Waals surface area contributed by atoms with E-state index in [4.69, 9.17) is 4.74 Å². The lowest BCUT2D eigenvalue weighted by atomic mass is 10.1. The molecular weight excluding hydrogens is 258 g/mol. The van der Waals surface area contributed by atoms with E-state index in [-0.39, 0.29) is 12.3 Å².